The first-order valence-electron chi connectivity index (χ1n) is 5.19. The highest BCUT2D eigenvalue weighted by Crippen LogP contribution is 2.05. The molecule has 0 atom stereocenters. The van der Waals surface area contributed by atoms with Crippen LogP contribution in [0.2, 0.25) is 0 Å². The molecule has 1 saturated heterocycles. The van der Waals surface area contributed by atoms with Gasteiger partial charge in [0, 0.05) is 19.1 Å². The van der Waals surface area contributed by atoms with Crippen molar-refractivity contribution in [3.8, 4) is 0 Å². The summed E-state index contributed by atoms with van der Waals surface area (Å²) in [5.41, 5.74) is 5.79. The molecule has 0 radical (unpaired) electrons. The number of aliphatic imine (C=N–C) groups is 1. The molecule has 15 heavy (non-hydrogen) atoms. The minimum absolute atomic E-state index is 0.143. The second-order valence-corrected chi connectivity index (χ2v) is 6.38. The summed E-state index contributed by atoms with van der Waals surface area (Å²) in [7, 11) is -2.87. The van der Waals surface area contributed by atoms with Gasteiger partial charge in [-0.1, -0.05) is 0 Å². The monoisotopic (exact) mass is 233 g/mol. The highest BCUT2D eigenvalue weighted by molar-refractivity contribution is 7.91. The molecule has 0 aromatic rings. The Morgan fingerprint density at radius 2 is 2.00 bits per heavy atom. The van der Waals surface area contributed by atoms with E-state index in [0.29, 0.717) is 25.5 Å². The molecule has 2 N–H and O–H groups in total. The van der Waals surface area contributed by atoms with Gasteiger partial charge in [-0.05, 0) is 20.3 Å². The van der Waals surface area contributed by atoms with Crippen LogP contribution in [0.1, 0.15) is 20.3 Å². The normalized spacial score (nSPS) is 22.9. The van der Waals surface area contributed by atoms with Crippen LogP contribution >= 0.6 is 0 Å². The van der Waals surface area contributed by atoms with Crippen LogP contribution in [0, 0.1) is 0 Å². The number of nitrogens with two attached hydrogens (primary N) is 1. The Kier molecular flexibility index (Phi) is 3.96. The number of hydrogen-bond donors (Lipinski definition) is 1. The predicted molar refractivity (Wildman–Crippen MR) is 61.6 cm³/mol. The van der Waals surface area contributed by atoms with Crippen LogP contribution in [0.4, 0.5) is 0 Å². The van der Waals surface area contributed by atoms with E-state index < -0.39 is 9.84 Å². The maximum atomic E-state index is 11.4. The summed E-state index contributed by atoms with van der Waals surface area (Å²) in [6, 6.07) is 0.143. The van der Waals surface area contributed by atoms with Gasteiger partial charge in [0.05, 0.1) is 11.5 Å². The molecule has 0 amide bonds. The molecule has 1 aliphatic heterocycles. The number of hydrogen-bond acceptors (Lipinski definition) is 3. The lowest BCUT2D eigenvalue weighted by atomic mass is 10.4. The molecule has 0 aromatic heterocycles. The van der Waals surface area contributed by atoms with E-state index in [1.54, 1.807) is 0 Å². The zero-order valence-electron chi connectivity index (χ0n) is 9.31. The van der Waals surface area contributed by atoms with E-state index in [2.05, 4.69) is 4.99 Å². The van der Waals surface area contributed by atoms with E-state index >= 15 is 0 Å². The highest BCUT2D eigenvalue weighted by Gasteiger charge is 2.20. The lowest BCUT2D eigenvalue weighted by molar-refractivity contribution is 0.441. The van der Waals surface area contributed by atoms with Crippen molar-refractivity contribution >= 4 is 15.8 Å². The van der Waals surface area contributed by atoms with Gasteiger partial charge in [-0.15, -0.1) is 0 Å². The van der Waals surface area contributed by atoms with Crippen molar-refractivity contribution in [3.05, 3.63) is 0 Å². The lowest BCUT2D eigenvalue weighted by Crippen LogP contribution is -2.39. The van der Waals surface area contributed by atoms with Gasteiger partial charge >= 0.3 is 0 Å². The van der Waals surface area contributed by atoms with Crippen molar-refractivity contribution in [1.82, 2.24) is 4.90 Å². The van der Waals surface area contributed by atoms with E-state index in [-0.39, 0.29) is 17.5 Å². The third kappa shape index (κ3) is 4.07. The molecule has 0 saturated carbocycles. The zero-order valence-corrected chi connectivity index (χ0v) is 10.1. The summed E-state index contributed by atoms with van der Waals surface area (Å²) in [5.74, 6) is 0.904. The van der Waals surface area contributed by atoms with Crippen LogP contribution in [0.25, 0.3) is 0 Å². The van der Waals surface area contributed by atoms with E-state index in [4.69, 9.17) is 5.73 Å². The molecule has 0 bridgehead atoms. The van der Waals surface area contributed by atoms with Gasteiger partial charge in [-0.25, -0.2) is 8.42 Å². The van der Waals surface area contributed by atoms with Crippen molar-refractivity contribution in [2.24, 2.45) is 10.7 Å². The first-order chi connectivity index (χ1) is 6.91. The minimum atomic E-state index is -2.87. The lowest BCUT2D eigenvalue weighted by Gasteiger charge is -2.21. The molecule has 88 valence electrons. The number of guanidine groups is 1. The van der Waals surface area contributed by atoms with Gasteiger partial charge in [0.1, 0.15) is 0 Å². The predicted octanol–water partition coefficient (Wildman–Crippen LogP) is -0.170. The Morgan fingerprint density at radius 1 is 1.33 bits per heavy atom. The molecule has 1 heterocycles. The Bertz CT molecular complexity index is 335. The number of nitrogens with zero attached hydrogens (tertiary/aromatic N) is 2. The molecule has 1 rings (SSSR count). The first kappa shape index (κ1) is 12.3. The van der Waals surface area contributed by atoms with E-state index in [1.165, 1.54) is 0 Å². The van der Waals surface area contributed by atoms with Crippen molar-refractivity contribution in [2.45, 2.75) is 26.3 Å². The molecular formula is C9H19N3O2S. The zero-order chi connectivity index (χ0) is 11.5. The first-order valence-corrected chi connectivity index (χ1v) is 7.01. The number of sulfone groups is 1. The maximum absolute atomic E-state index is 11.4. The molecule has 0 aliphatic carbocycles. The second kappa shape index (κ2) is 4.83. The topological polar surface area (TPSA) is 75.8 Å². The van der Waals surface area contributed by atoms with Crippen LogP contribution in [0.3, 0.4) is 0 Å². The minimum Gasteiger partial charge on any atom is -0.370 e. The molecule has 6 heteroatoms. The summed E-state index contributed by atoms with van der Waals surface area (Å²) >= 11 is 0. The Hall–Kier alpha value is -0.780. The molecule has 0 spiro atoms. The van der Waals surface area contributed by atoms with Crippen molar-refractivity contribution < 1.29 is 8.42 Å². The average Bonchev–Trinajstić information content (AvgIpc) is 2.25. The fourth-order valence-electron chi connectivity index (χ4n) is 1.51. The van der Waals surface area contributed by atoms with Gasteiger partial charge in [-0.2, -0.15) is 0 Å². The van der Waals surface area contributed by atoms with Gasteiger partial charge in [0.15, 0.2) is 15.8 Å². The third-order valence-corrected chi connectivity index (χ3v) is 3.99. The van der Waals surface area contributed by atoms with E-state index in [0.717, 1.165) is 0 Å². The standard InChI is InChI=1S/C9H19N3O2S/c1-8(2)11-9(10)12-4-3-6-15(13,14)7-5-12/h8H,3-7H2,1-2H3,(H2,10,11). The van der Waals surface area contributed by atoms with E-state index in [1.807, 2.05) is 18.7 Å². The van der Waals surface area contributed by atoms with E-state index in [9.17, 15) is 8.42 Å². The van der Waals surface area contributed by atoms with Gasteiger partial charge in [0.2, 0.25) is 0 Å². The fraction of sp³-hybridized carbons (Fsp3) is 0.889. The molecular weight excluding hydrogens is 214 g/mol. The van der Waals surface area contributed by atoms with Gasteiger partial charge in [-0.3, -0.25) is 4.99 Å². The summed E-state index contributed by atoms with van der Waals surface area (Å²) in [6.45, 7) is 5.04. The quantitative estimate of drug-likeness (QED) is 0.504. The molecule has 5 nitrogen and oxygen atoms in total. The summed E-state index contributed by atoms with van der Waals surface area (Å²) in [6.07, 6.45) is 0.636. The molecule has 1 fully saturated rings. The second-order valence-electron chi connectivity index (χ2n) is 4.07. The van der Waals surface area contributed by atoms with Crippen LogP contribution in [0.5, 0.6) is 0 Å². The maximum Gasteiger partial charge on any atom is 0.191 e. The van der Waals surface area contributed by atoms with Crippen molar-refractivity contribution in [3.63, 3.8) is 0 Å². The largest absolute Gasteiger partial charge is 0.370 e. The van der Waals surface area contributed by atoms with Crippen LogP contribution in [-0.4, -0.2) is 49.9 Å². The summed E-state index contributed by atoms with van der Waals surface area (Å²) in [5, 5.41) is 0. The SMILES string of the molecule is CC(C)N=C(N)N1CCCS(=O)(=O)CC1. The molecule has 1 aliphatic rings. The third-order valence-electron chi connectivity index (χ3n) is 2.27. The van der Waals surface area contributed by atoms with Crippen LogP contribution < -0.4 is 5.73 Å². The van der Waals surface area contributed by atoms with Gasteiger partial charge in [0.25, 0.3) is 0 Å². The molecule has 0 unspecified atom stereocenters. The smallest absolute Gasteiger partial charge is 0.191 e. The Morgan fingerprint density at radius 3 is 2.60 bits per heavy atom. The Labute approximate surface area is 91.3 Å². The van der Waals surface area contributed by atoms with Crippen LogP contribution in [0.15, 0.2) is 4.99 Å². The van der Waals surface area contributed by atoms with Crippen LogP contribution in [-0.2, 0) is 9.84 Å². The molecule has 0 aromatic carbocycles. The average molecular weight is 233 g/mol. The van der Waals surface area contributed by atoms with Gasteiger partial charge < -0.3 is 10.6 Å². The highest BCUT2D eigenvalue weighted by atomic mass is 32.2. The summed E-state index contributed by atoms with van der Waals surface area (Å²) in [4.78, 5) is 6.07. The van der Waals surface area contributed by atoms with Crippen molar-refractivity contribution in [2.75, 3.05) is 24.6 Å². The Balaban J connectivity index is 2.66. The fourth-order valence-corrected chi connectivity index (χ4v) is 2.79. The summed E-state index contributed by atoms with van der Waals surface area (Å²) < 4.78 is 22.7. The van der Waals surface area contributed by atoms with Crippen molar-refractivity contribution in [1.29, 1.82) is 0 Å². The number of rotatable bonds is 1.